The van der Waals surface area contributed by atoms with E-state index >= 15 is 0 Å². The molecule has 0 bridgehead atoms. The van der Waals surface area contributed by atoms with Gasteiger partial charge < -0.3 is 35.5 Å². The van der Waals surface area contributed by atoms with E-state index in [1.165, 1.54) is 0 Å². The number of ketones is 1. The molecule has 0 saturated carbocycles. The zero-order valence-corrected chi connectivity index (χ0v) is 33.8. The Balaban J connectivity index is 1.57. The largest absolute Gasteiger partial charge is 0.497 e. The number of methoxy groups -OCH3 is 1. The molecule has 3 aromatic rings. The number of anilines is 2. The first-order valence-corrected chi connectivity index (χ1v) is 19.8. The van der Waals surface area contributed by atoms with Gasteiger partial charge in [-0.1, -0.05) is 25.7 Å². The van der Waals surface area contributed by atoms with E-state index < -0.39 is 5.91 Å². The van der Waals surface area contributed by atoms with Crippen molar-refractivity contribution in [3.63, 3.8) is 0 Å². The van der Waals surface area contributed by atoms with E-state index in [0.717, 1.165) is 42.2 Å². The average molecular weight is 790 g/mol. The number of ether oxygens (including phenoxy) is 3. The lowest BCUT2D eigenvalue weighted by atomic mass is 10.1. The molecule has 0 atom stereocenters. The fourth-order valence-corrected chi connectivity index (χ4v) is 6.91. The number of amides is 2. The third-order valence-electron chi connectivity index (χ3n) is 9.00. The lowest BCUT2D eigenvalue weighted by Gasteiger charge is -2.28. The molecule has 0 spiro atoms. The first kappa shape index (κ1) is 43.5. The van der Waals surface area contributed by atoms with Gasteiger partial charge in [-0.25, -0.2) is 4.98 Å². The Labute approximate surface area is 333 Å². The molecule has 3 heterocycles. The summed E-state index contributed by atoms with van der Waals surface area (Å²) < 4.78 is 18.8. The van der Waals surface area contributed by atoms with Gasteiger partial charge in [0.05, 0.1) is 49.9 Å². The van der Waals surface area contributed by atoms with E-state index in [1.54, 1.807) is 47.9 Å². The van der Waals surface area contributed by atoms with Crippen LogP contribution in [0.15, 0.2) is 59.1 Å². The number of benzene rings is 1. The molecule has 1 aliphatic rings. The van der Waals surface area contributed by atoms with E-state index in [2.05, 4.69) is 43.9 Å². The van der Waals surface area contributed by atoms with E-state index in [4.69, 9.17) is 19.9 Å². The third-order valence-corrected chi connectivity index (χ3v) is 10.0. The summed E-state index contributed by atoms with van der Waals surface area (Å²) in [6.07, 6.45) is 7.29. The molecule has 2 aromatic heterocycles. The van der Waals surface area contributed by atoms with Gasteiger partial charge in [-0.15, -0.1) is 11.8 Å². The second-order valence-corrected chi connectivity index (χ2v) is 14.1. The number of primary amides is 1. The van der Waals surface area contributed by atoms with E-state index in [1.807, 2.05) is 43.9 Å². The van der Waals surface area contributed by atoms with Crippen LogP contribution in [0, 0.1) is 6.92 Å². The summed E-state index contributed by atoms with van der Waals surface area (Å²) in [7, 11) is 1.56. The molecule has 1 saturated heterocycles. The first-order valence-electron chi connectivity index (χ1n) is 18.8. The molecular weight excluding hydrogens is 735 g/mol. The molecule has 302 valence electrons. The Morgan fingerprint density at radius 1 is 1.14 bits per heavy atom. The molecule has 56 heavy (non-hydrogen) atoms. The Morgan fingerprint density at radius 2 is 1.93 bits per heavy atom. The van der Waals surface area contributed by atoms with Crippen molar-refractivity contribution in [1.29, 1.82) is 0 Å². The number of Topliss-reactive ketones (excluding diaryl/α,β-unsaturated/α-hetero) is 1. The molecule has 15 nitrogen and oxygen atoms in total. The van der Waals surface area contributed by atoms with Crippen molar-refractivity contribution >= 4 is 59.0 Å². The maximum absolute atomic E-state index is 13.5. The van der Waals surface area contributed by atoms with Gasteiger partial charge in [0.15, 0.2) is 0 Å². The number of thioether (sulfide) groups is 1. The lowest BCUT2D eigenvalue weighted by Crippen LogP contribution is -2.39. The smallest absolute Gasteiger partial charge is 0.270 e. The number of aryl methyl sites for hydroxylation is 2. The van der Waals surface area contributed by atoms with Crippen LogP contribution in [0.5, 0.6) is 5.75 Å². The topological polar surface area (TPSA) is 179 Å². The van der Waals surface area contributed by atoms with Crippen LogP contribution >= 0.6 is 11.8 Å². The normalized spacial score (nSPS) is 13.0. The van der Waals surface area contributed by atoms with Gasteiger partial charge in [-0.2, -0.15) is 5.10 Å². The van der Waals surface area contributed by atoms with Gasteiger partial charge in [0.2, 0.25) is 5.91 Å². The Bertz CT molecular complexity index is 1860. The summed E-state index contributed by atoms with van der Waals surface area (Å²) in [4.78, 5) is 51.8. The summed E-state index contributed by atoms with van der Waals surface area (Å²) in [6.45, 7) is 19.0. The number of aliphatic imine (C=N–C) groups is 1. The Kier molecular flexibility index (Phi) is 17.4. The number of morpholine rings is 1. The maximum atomic E-state index is 13.5. The Morgan fingerprint density at radius 3 is 2.62 bits per heavy atom. The summed E-state index contributed by atoms with van der Waals surface area (Å²) in [5, 5.41) is 10.8. The van der Waals surface area contributed by atoms with Crippen LogP contribution in [0.1, 0.15) is 65.2 Å². The van der Waals surface area contributed by atoms with Crippen molar-refractivity contribution in [2.45, 2.75) is 51.5 Å². The zero-order valence-electron chi connectivity index (χ0n) is 33.0. The van der Waals surface area contributed by atoms with Crippen LogP contribution in [-0.4, -0.2) is 116 Å². The van der Waals surface area contributed by atoms with Crippen molar-refractivity contribution in [3.8, 4) is 5.75 Å². The third kappa shape index (κ3) is 12.7. The number of carbonyl (C=O) groups excluding carboxylic acids is 3. The van der Waals surface area contributed by atoms with Crippen LogP contribution in [-0.2, 0) is 20.8 Å². The lowest BCUT2D eigenvalue weighted by molar-refractivity contribution is -0.118. The molecule has 0 unspecified atom stereocenters. The van der Waals surface area contributed by atoms with Gasteiger partial charge in [0, 0.05) is 75.2 Å². The highest BCUT2D eigenvalue weighted by molar-refractivity contribution is 7.99. The van der Waals surface area contributed by atoms with Gasteiger partial charge in [-0.05, 0) is 51.3 Å². The predicted molar refractivity (Wildman–Crippen MR) is 222 cm³/mol. The molecule has 4 rings (SSSR count). The number of hydrogen-bond donors (Lipinski definition) is 3. The number of nitrogens with zero attached hydrogens (tertiary/aromatic N) is 6. The molecular formula is C40H55N9O6S. The minimum Gasteiger partial charge on any atom is -0.497 e. The molecule has 0 radical (unpaired) electrons. The number of pyridine rings is 1. The Hall–Kier alpha value is -5.19. The fourth-order valence-electron chi connectivity index (χ4n) is 5.89. The van der Waals surface area contributed by atoms with Gasteiger partial charge in [0.25, 0.3) is 5.91 Å². The van der Waals surface area contributed by atoms with Crippen LogP contribution in [0.4, 0.5) is 17.2 Å². The number of nitrogens with one attached hydrogen (secondary N) is 2. The van der Waals surface area contributed by atoms with Crippen LogP contribution in [0.25, 0.3) is 5.76 Å². The minimum absolute atomic E-state index is 0.0663. The molecule has 1 fully saturated rings. The van der Waals surface area contributed by atoms with Crippen LogP contribution in [0.3, 0.4) is 0 Å². The SMILES string of the molecule is C=Nc1cc(C(N)=O)cc(OCCCN2CCOCC2)c1N(C/C=C/CNc1ncc(C(=C)OC)cc1SCCC(=O)CC)CNC(=O)c1cc(C)nn1CC. The highest BCUT2D eigenvalue weighted by Gasteiger charge is 2.22. The molecule has 2 amide bonds. The molecule has 4 N–H and O–H groups in total. The van der Waals surface area contributed by atoms with Crippen LogP contribution in [0.2, 0.25) is 0 Å². The number of hydrogen-bond acceptors (Lipinski definition) is 13. The number of rotatable bonds is 24. The summed E-state index contributed by atoms with van der Waals surface area (Å²) in [6, 6.07) is 6.87. The second kappa shape index (κ2) is 22.4. The van der Waals surface area contributed by atoms with Gasteiger partial charge >= 0.3 is 0 Å². The van der Waals surface area contributed by atoms with Crippen molar-refractivity contribution in [1.82, 2.24) is 25.0 Å². The first-order chi connectivity index (χ1) is 27.1. The number of nitrogens with two attached hydrogens (primary N) is 1. The highest BCUT2D eigenvalue weighted by Crippen LogP contribution is 2.39. The van der Waals surface area contributed by atoms with Crippen molar-refractivity contribution in [2.24, 2.45) is 10.7 Å². The van der Waals surface area contributed by atoms with Crippen molar-refractivity contribution < 1.29 is 28.6 Å². The quantitative estimate of drug-likeness (QED) is 0.0274. The van der Waals surface area contributed by atoms with E-state index in [0.29, 0.717) is 92.4 Å². The summed E-state index contributed by atoms with van der Waals surface area (Å²) in [5.41, 5.74) is 8.80. The van der Waals surface area contributed by atoms with Gasteiger partial charge in [0.1, 0.15) is 34.5 Å². The molecule has 1 aliphatic heterocycles. The molecule has 0 aliphatic carbocycles. The molecule has 1 aromatic carbocycles. The molecule has 16 heteroatoms. The maximum Gasteiger partial charge on any atom is 0.270 e. The average Bonchev–Trinajstić information content (AvgIpc) is 3.61. The summed E-state index contributed by atoms with van der Waals surface area (Å²) >= 11 is 1.54. The zero-order chi connectivity index (χ0) is 40.5. The van der Waals surface area contributed by atoms with E-state index in [-0.39, 0.29) is 23.9 Å². The van der Waals surface area contributed by atoms with E-state index in [9.17, 15) is 14.4 Å². The number of carbonyl (C=O) groups is 3. The van der Waals surface area contributed by atoms with Crippen LogP contribution < -0.4 is 26.0 Å². The van der Waals surface area contributed by atoms with Crippen molar-refractivity contribution in [3.05, 3.63) is 71.7 Å². The second-order valence-electron chi connectivity index (χ2n) is 12.9. The van der Waals surface area contributed by atoms with Crippen molar-refractivity contribution in [2.75, 3.05) is 82.3 Å². The summed E-state index contributed by atoms with van der Waals surface area (Å²) in [5.74, 6) is 1.45. The van der Waals surface area contributed by atoms with Gasteiger partial charge in [-0.3, -0.25) is 29.0 Å². The standard InChI is InChI=1S/C40H55N9O6S/c1-7-32(50)12-21-56-36-25-31(29(4)53-6)26-44-39(36)43-13-9-10-15-48(27-45-40(52)34-22-28(3)46-49(34)8-2)37-33(42-5)23-30(38(41)51)24-35(37)55-18-11-14-47-16-19-54-20-17-47/h9-10,22-26H,4-5,7-8,11-21,27H2,1-3,6H3,(H2,41,51)(H,43,44)(H,45,52)/b10-9+. The fraction of sp³-hybridized carbons (Fsp3) is 0.450. The monoisotopic (exact) mass is 789 g/mol. The minimum atomic E-state index is -0.628. The predicted octanol–water partition coefficient (Wildman–Crippen LogP) is 5.08. The number of aromatic nitrogens is 3. The highest BCUT2D eigenvalue weighted by atomic mass is 32.2.